The minimum atomic E-state index is -0.112. The number of hydrogen-bond donors (Lipinski definition) is 1. The maximum absolute atomic E-state index is 6.23. The van der Waals surface area contributed by atoms with Crippen molar-refractivity contribution >= 4 is 5.82 Å². The molecule has 19 heavy (non-hydrogen) atoms. The standard InChI is InChI=1S/C13H21N5O/c1-8-9(12(19-6)17(5)16-8)10-11(14)18(7-15-10)13(2,3)4/h7H,14H2,1-6H3. The van der Waals surface area contributed by atoms with Crippen molar-refractivity contribution in [2.24, 2.45) is 7.05 Å². The van der Waals surface area contributed by atoms with Gasteiger partial charge in [0.05, 0.1) is 24.7 Å². The Morgan fingerprint density at radius 2 is 1.95 bits per heavy atom. The zero-order valence-electron chi connectivity index (χ0n) is 12.4. The predicted molar refractivity (Wildman–Crippen MR) is 75.1 cm³/mol. The molecule has 6 nitrogen and oxygen atoms in total. The molecule has 0 atom stereocenters. The van der Waals surface area contributed by atoms with Gasteiger partial charge in [0, 0.05) is 12.6 Å². The van der Waals surface area contributed by atoms with Gasteiger partial charge in [-0.05, 0) is 27.7 Å². The molecule has 2 aromatic heterocycles. The molecule has 0 fully saturated rings. The van der Waals surface area contributed by atoms with Crippen LogP contribution in [0.3, 0.4) is 0 Å². The molecule has 0 radical (unpaired) electrons. The fourth-order valence-electron chi connectivity index (χ4n) is 2.23. The molecular formula is C13H21N5O. The van der Waals surface area contributed by atoms with Gasteiger partial charge in [-0.25, -0.2) is 9.67 Å². The quantitative estimate of drug-likeness (QED) is 0.898. The van der Waals surface area contributed by atoms with Crippen LogP contribution < -0.4 is 10.5 Å². The van der Waals surface area contributed by atoms with E-state index in [9.17, 15) is 0 Å². The molecule has 104 valence electrons. The van der Waals surface area contributed by atoms with Gasteiger partial charge in [0.1, 0.15) is 11.5 Å². The lowest BCUT2D eigenvalue weighted by atomic mass is 10.1. The summed E-state index contributed by atoms with van der Waals surface area (Å²) in [5, 5.41) is 4.36. The summed E-state index contributed by atoms with van der Waals surface area (Å²) in [6, 6.07) is 0. The van der Waals surface area contributed by atoms with Crippen LogP contribution in [-0.2, 0) is 12.6 Å². The van der Waals surface area contributed by atoms with E-state index in [1.807, 2.05) is 18.5 Å². The summed E-state index contributed by atoms with van der Waals surface area (Å²) in [6.07, 6.45) is 1.76. The van der Waals surface area contributed by atoms with Crippen molar-refractivity contribution in [2.75, 3.05) is 12.8 Å². The number of rotatable bonds is 2. The Morgan fingerprint density at radius 3 is 2.42 bits per heavy atom. The van der Waals surface area contributed by atoms with E-state index in [4.69, 9.17) is 10.5 Å². The molecule has 0 saturated heterocycles. The van der Waals surface area contributed by atoms with Crippen molar-refractivity contribution in [3.8, 4) is 17.1 Å². The molecule has 2 aromatic rings. The summed E-state index contributed by atoms with van der Waals surface area (Å²) in [6.45, 7) is 8.18. The average Bonchev–Trinajstić information content (AvgIpc) is 2.78. The third-order valence-corrected chi connectivity index (χ3v) is 3.13. The molecule has 0 saturated carbocycles. The van der Waals surface area contributed by atoms with E-state index in [1.54, 1.807) is 18.1 Å². The first kappa shape index (κ1) is 13.5. The first-order chi connectivity index (χ1) is 8.77. The fraction of sp³-hybridized carbons (Fsp3) is 0.538. The van der Waals surface area contributed by atoms with E-state index >= 15 is 0 Å². The van der Waals surface area contributed by atoms with Crippen LogP contribution in [-0.4, -0.2) is 26.4 Å². The van der Waals surface area contributed by atoms with Crippen LogP contribution in [0.25, 0.3) is 11.3 Å². The van der Waals surface area contributed by atoms with Crippen molar-refractivity contribution < 1.29 is 4.74 Å². The van der Waals surface area contributed by atoms with E-state index in [2.05, 4.69) is 30.9 Å². The van der Waals surface area contributed by atoms with Crippen molar-refractivity contribution in [1.82, 2.24) is 19.3 Å². The second kappa shape index (κ2) is 4.29. The van der Waals surface area contributed by atoms with Gasteiger partial charge in [0.2, 0.25) is 5.88 Å². The zero-order valence-corrected chi connectivity index (χ0v) is 12.4. The van der Waals surface area contributed by atoms with Crippen molar-refractivity contribution in [3.63, 3.8) is 0 Å². The monoisotopic (exact) mass is 263 g/mol. The Hall–Kier alpha value is -1.98. The predicted octanol–water partition coefficient (Wildman–Crippen LogP) is 1.94. The maximum Gasteiger partial charge on any atom is 0.221 e. The number of methoxy groups -OCH3 is 1. The maximum atomic E-state index is 6.23. The first-order valence-electron chi connectivity index (χ1n) is 6.18. The Balaban J connectivity index is 2.64. The molecule has 0 unspecified atom stereocenters. The van der Waals surface area contributed by atoms with Gasteiger partial charge < -0.3 is 15.0 Å². The SMILES string of the molecule is COc1c(-c2ncn(C(C)(C)C)c2N)c(C)nn1C. The van der Waals surface area contributed by atoms with Crippen molar-refractivity contribution in [3.05, 3.63) is 12.0 Å². The molecule has 2 N–H and O–H groups in total. The van der Waals surface area contributed by atoms with Crippen molar-refractivity contribution in [2.45, 2.75) is 33.2 Å². The van der Waals surface area contributed by atoms with E-state index in [1.165, 1.54) is 0 Å². The molecule has 2 rings (SSSR count). The molecule has 6 heteroatoms. The Kier molecular flexibility index (Phi) is 3.04. The molecule has 0 amide bonds. The van der Waals surface area contributed by atoms with E-state index in [-0.39, 0.29) is 5.54 Å². The Bertz CT molecular complexity index is 603. The number of imidazole rings is 1. The van der Waals surface area contributed by atoms with Crippen LogP contribution in [0, 0.1) is 6.92 Å². The highest BCUT2D eigenvalue weighted by molar-refractivity contribution is 5.76. The normalized spacial score (nSPS) is 11.9. The van der Waals surface area contributed by atoms with Crippen LogP contribution in [0.15, 0.2) is 6.33 Å². The lowest BCUT2D eigenvalue weighted by molar-refractivity contribution is 0.374. The van der Waals surface area contributed by atoms with Gasteiger partial charge in [0.25, 0.3) is 0 Å². The number of aryl methyl sites for hydroxylation is 2. The molecule has 2 heterocycles. The number of nitrogen functional groups attached to an aromatic ring is 1. The molecule has 0 spiro atoms. The van der Waals surface area contributed by atoms with Gasteiger partial charge in [-0.15, -0.1) is 0 Å². The summed E-state index contributed by atoms with van der Waals surface area (Å²) < 4.78 is 9.04. The topological polar surface area (TPSA) is 70.9 Å². The van der Waals surface area contributed by atoms with Gasteiger partial charge >= 0.3 is 0 Å². The largest absolute Gasteiger partial charge is 0.481 e. The van der Waals surface area contributed by atoms with E-state index < -0.39 is 0 Å². The molecule has 0 aliphatic carbocycles. The first-order valence-corrected chi connectivity index (χ1v) is 6.18. The second-order valence-electron chi connectivity index (χ2n) is 5.61. The second-order valence-corrected chi connectivity index (χ2v) is 5.61. The lowest BCUT2D eigenvalue weighted by Crippen LogP contribution is -2.22. The van der Waals surface area contributed by atoms with Crippen LogP contribution in [0.2, 0.25) is 0 Å². The zero-order chi connectivity index (χ0) is 14.4. The summed E-state index contributed by atoms with van der Waals surface area (Å²) in [7, 11) is 3.46. The fourth-order valence-corrected chi connectivity index (χ4v) is 2.23. The Morgan fingerprint density at radius 1 is 1.32 bits per heavy atom. The van der Waals surface area contributed by atoms with Crippen LogP contribution in [0.4, 0.5) is 5.82 Å². The highest BCUT2D eigenvalue weighted by atomic mass is 16.5. The molecule has 0 aliphatic rings. The van der Waals surface area contributed by atoms with Gasteiger partial charge in [0.15, 0.2) is 0 Å². The van der Waals surface area contributed by atoms with Gasteiger partial charge in [-0.2, -0.15) is 5.10 Å². The summed E-state index contributed by atoms with van der Waals surface area (Å²) >= 11 is 0. The lowest BCUT2D eigenvalue weighted by Gasteiger charge is -2.22. The summed E-state index contributed by atoms with van der Waals surface area (Å²) in [5.41, 5.74) is 8.54. The molecule has 0 bridgehead atoms. The highest BCUT2D eigenvalue weighted by Gasteiger charge is 2.24. The third-order valence-electron chi connectivity index (χ3n) is 3.13. The molecular weight excluding hydrogens is 242 g/mol. The van der Waals surface area contributed by atoms with Crippen LogP contribution in [0.5, 0.6) is 5.88 Å². The average molecular weight is 263 g/mol. The van der Waals surface area contributed by atoms with E-state index in [0.717, 1.165) is 17.0 Å². The van der Waals surface area contributed by atoms with Crippen molar-refractivity contribution in [1.29, 1.82) is 0 Å². The van der Waals surface area contributed by atoms with Crippen LogP contribution in [0.1, 0.15) is 26.5 Å². The number of ether oxygens (including phenoxy) is 1. The number of nitrogens with zero attached hydrogens (tertiary/aromatic N) is 4. The number of aromatic nitrogens is 4. The smallest absolute Gasteiger partial charge is 0.221 e. The van der Waals surface area contributed by atoms with Crippen LogP contribution >= 0.6 is 0 Å². The Labute approximate surface area is 113 Å². The number of anilines is 1. The third kappa shape index (κ3) is 2.07. The molecule has 0 aliphatic heterocycles. The van der Waals surface area contributed by atoms with Gasteiger partial charge in [-0.1, -0.05) is 0 Å². The number of hydrogen-bond acceptors (Lipinski definition) is 4. The van der Waals surface area contributed by atoms with Gasteiger partial charge in [-0.3, -0.25) is 0 Å². The van der Waals surface area contributed by atoms with E-state index in [0.29, 0.717) is 11.7 Å². The number of nitrogens with two attached hydrogens (primary N) is 1. The minimum Gasteiger partial charge on any atom is -0.481 e. The molecule has 0 aromatic carbocycles. The minimum absolute atomic E-state index is 0.112. The highest BCUT2D eigenvalue weighted by Crippen LogP contribution is 2.36. The summed E-state index contributed by atoms with van der Waals surface area (Å²) in [4.78, 5) is 4.44. The summed E-state index contributed by atoms with van der Waals surface area (Å²) in [5.74, 6) is 1.30.